The van der Waals surface area contributed by atoms with E-state index < -0.39 is 0 Å². The van der Waals surface area contributed by atoms with Crippen molar-refractivity contribution < 1.29 is 4.79 Å². The van der Waals surface area contributed by atoms with Crippen LogP contribution in [0.15, 0.2) is 12.2 Å². The highest BCUT2D eigenvalue weighted by Crippen LogP contribution is 2.28. The molecule has 3 heteroatoms. The summed E-state index contributed by atoms with van der Waals surface area (Å²) in [7, 11) is 3.64. The molecule has 2 heterocycles. The maximum absolute atomic E-state index is 11.5. The SMILES string of the molecule is CN(C)C(=O)CN1CC2C=CC1CC2. The van der Waals surface area contributed by atoms with Crippen LogP contribution >= 0.6 is 0 Å². The molecule has 78 valence electrons. The molecule has 0 radical (unpaired) electrons. The zero-order valence-corrected chi connectivity index (χ0v) is 8.94. The number of amides is 1. The molecule has 2 aliphatic heterocycles. The van der Waals surface area contributed by atoms with Crippen LogP contribution in [-0.2, 0) is 4.79 Å². The zero-order valence-electron chi connectivity index (χ0n) is 8.94. The molecule has 2 unspecified atom stereocenters. The van der Waals surface area contributed by atoms with Gasteiger partial charge in [0, 0.05) is 26.7 Å². The van der Waals surface area contributed by atoms with Crippen molar-refractivity contribution >= 4 is 5.91 Å². The Labute approximate surface area is 85.4 Å². The van der Waals surface area contributed by atoms with Gasteiger partial charge in [-0.25, -0.2) is 0 Å². The molecule has 3 nitrogen and oxygen atoms in total. The van der Waals surface area contributed by atoms with Gasteiger partial charge in [-0.05, 0) is 18.8 Å². The van der Waals surface area contributed by atoms with Gasteiger partial charge in [0.25, 0.3) is 0 Å². The van der Waals surface area contributed by atoms with Crippen LogP contribution in [0.5, 0.6) is 0 Å². The molecule has 3 rings (SSSR count). The Bertz CT molecular complexity index is 260. The fourth-order valence-corrected chi connectivity index (χ4v) is 2.25. The summed E-state index contributed by atoms with van der Waals surface area (Å²) in [5.74, 6) is 0.904. The van der Waals surface area contributed by atoms with Crippen LogP contribution in [0.4, 0.5) is 0 Å². The minimum atomic E-state index is 0.214. The van der Waals surface area contributed by atoms with Gasteiger partial charge < -0.3 is 4.90 Å². The maximum atomic E-state index is 11.5. The van der Waals surface area contributed by atoms with Crippen LogP contribution in [-0.4, -0.2) is 48.9 Å². The number of carbonyl (C=O) groups is 1. The monoisotopic (exact) mass is 194 g/mol. The van der Waals surface area contributed by atoms with Gasteiger partial charge in [0.2, 0.25) is 5.91 Å². The maximum Gasteiger partial charge on any atom is 0.236 e. The third kappa shape index (κ3) is 1.82. The summed E-state index contributed by atoms with van der Waals surface area (Å²) >= 11 is 0. The molecule has 0 N–H and O–H groups in total. The third-order valence-electron chi connectivity index (χ3n) is 3.21. The first-order valence-corrected chi connectivity index (χ1v) is 5.29. The van der Waals surface area contributed by atoms with E-state index in [1.807, 2.05) is 14.1 Å². The first-order valence-electron chi connectivity index (χ1n) is 5.29. The smallest absolute Gasteiger partial charge is 0.236 e. The predicted molar refractivity (Wildman–Crippen MR) is 55.9 cm³/mol. The normalized spacial score (nSPS) is 30.7. The number of hydrogen-bond donors (Lipinski definition) is 0. The van der Waals surface area contributed by atoms with E-state index in [0.717, 1.165) is 6.54 Å². The molecular formula is C11H18N2O. The van der Waals surface area contributed by atoms with Gasteiger partial charge in [-0.2, -0.15) is 0 Å². The minimum absolute atomic E-state index is 0.214. The standard InChI is InChI=1S/C11H18N2O/c1-12(2)11(14)8-13-7-9-3-5-10(13)6-4-9/h3,5,9-10H,4,6-8H2,1-2H3. The van der Waals surface area contributed by atoms with Crippen LogP contribution in [0.2, 0.25) is 0 Å². The fraction of sp³-hybridized carbons (Fsp3) is 0.727. The molecule has 0 aromatic heterocycles. The summed E-state index contributed by atoms with van der Waals surface area (Å²) in [6.45, 7) is 1.65. The molecule has 14 heavy (non-hydrogen) atoms. The van der Waals surface area contributed by atoms with Crippen molar-refractivity contribution in [2.45, 2.75) is 18.9 Å². The summed E-state index contributed by atoms with van der Waals surface area (Å²) in [6.07, 6.45) is 7.10. The molecule has 0 aromatic carbocycles. The molecule has 1 fully saturated rings. The van der Waals surface area contributed by atoms with Crippen molar-refractivity contribution in [2.24, 2.45) is 5.92 Å². The number of carbonyl (C=O) groups excluding carboxylic acids is 1. The van der Waals surface area contributed by atoms with Crippen molar-refractivity contribution in [1.29, 1.82) is 0 Å². The molecule has 2 atom stereocenters. The largest absolute Gasteiger partial charge is 0.348 e. The van der Waals surface area contributed by atoms with Crippen LogP contribution in [0, 0.1) is 5.92 Å². The van der Waals surface area contributed by atoms with Gasteiger partial charge in [0.15, 0.2) is 0 Å². The topological polar surface area (TPSA) is 23.6 Å². The van der Waals surface area contributed by atoms with Crippen molar-refractivity contribution in [3.05, 3.63) is 12.2 Å². The predicted octanol–water partition coefficient (Wildman–Crippen LogP) is 0.725. The highest BCUT2D eigenvalue weighted by molar-refractivity contribution is 5.77. The van der Waals surface area contributed by atoms with Gasteiger partial charge >= 0.3 is 0 Å². The summed E-state index contributed by atoms with van der Waals surface area (Å²) in [5, 5.41) is 0. The van der Waals surface area contributed by atoms with Crippen LogP contribution < -0.4 is 0 Å². The van der Waals surface area contributed by atoms with Crippen molar-refractivity contribution in [3.63, 3.8) is 0 Å². The molecule has 1 saturated heterocycles. The Morgan fingerprint density at radius 3 is 2.64 bits per heavy atom. The second kappa shape index (κ2) is 3.73. The molecule has 0 saturated carbocycles. The average molecular weight is 194 g/mol. The zero-order chi connectivity index (χ0) is 10.1. The summed E-state index contributed by atoms with van der Waals surface area (Å²) in [6, 6.07) is 0.517. The number of fused-ring (bicyclic) bond motifs is 2. The van der Waals surface area contributed by atoms with Gasteiger partial charge in [-0.3, -0.25) is 9.69 Å². The van der Waals surface area contributed by atoms with Gasteiger partial charge in [0.1, 0.15) is 0 Å². The number of likely N-dealkylation sites (N-methyl/N-ethyl adjacent to an activating group) is 1. The number of piperidine rings is 1. The lowest BCUT2D eigenvalue weighted by atomic mass is 9.86. The first kappa shape index (κ1) is 9.71. The Morgan fingerprint density at radius 2 is 2.21 bits per heavy atom. The van der Waals surface area contributed by atoms with E-state index in [1.165, 1.54) is 12.8 Å². The summed E-state index contributed by atoms with van der Waals surface area (Å²) in [4.78, 5) is 15.5. The molecule has 2 bridgehead atoms. The second-order valence-corrected chi connectivity index (χ2v) is 4.51. The molecule has 1 amide bonds. The Hall–Kier alpha value is -0.830. The highest BCUT2D eigenvalue weighted by Gasteiger charge is 2.30. The molecule has 3 aliphatic rings. The number of rotatable bonds is 2. The lowest BCUT2D eigenvalue weighted by Gasteiger charge is -2.41. The minimum Gasteiger partial charge on any atom is -0.348 e. The highest BCUT2D eigenvalue weighted by atomic mass is 16.2. The van der Waals surface area contributed by atoms with E-state index in [4.69, 9.17) is 0 Å². The fourth-order valence-electron chi connectivity index (χ4n) is 2.25. The average Bonchev–Trinajstić information content (AvgIpc) is 2.19. The van der Waals surface area contributed by atoms with Crippen molar-refractivity contribution in [1.82, 2.24) is 9.80 Å². The molecule has 0 aromatic rings. The first-order chi connectivity index (χ1) is 6.66. The van der Waals surface area contributed by atoms with E-state index in [9.17, 15) is 4.79 Å². The Kier molecular flexibility index (Phi) is 2.59. The van der Waals surface area contributed by atoms with E-state index in [2.05, 4.69) is 17.1 Å². The Balaban J connectivity index is 1.94. The van der Waals surface area contributed by atoms with Gasteiger partial charge in [-0.1, -0.05) is 12.2 Å². The lowest BCUT2D eigenvalue weighted by Crippen LogP contribution is -2.49. The third-order valence-corrected chi connectivity index (χ3v) is 3.21. The summed E-state index contributed by atoms with van der Waals surface area (Å²) in [5.41, 5.74) is 0. The van der Waals surface area contributed by atoms with Crippen LogP contribution in [0.25, 0.3) is 0 Å². The van der Waals surface area contributed by atoms with Gasteiger partial charge in [-0.15, -0.1) is 0 Å². The van der Waals surface area contributed by atoms with Gasteiger partial charge in [0.05, 0.1) is 6.54 Å². The van der Waals surface area contributed by atoms with E-state index >= 15 is 0 Å². The second-order valence-electron chi connectivity index (χ2n) is 4.51. The lowest BCUT2D eigenvalue weighted by molar-refractivity contribution is -0.130. The van der Waals surface area contributed by atoms with E-state index in [-0.39, 0.29) is 5.91 Å². The van der Waals surface area contributed by atoms with E-state index in [1.54, 1.807) is 4.90 Å². The van der Waals surface area contributed by atoms with Crippen LogP contribution in [0.3, 0.4) is 0 Å². The number of hydrogen-bond acceptors (Lipinski definition) is 2. The molecule has 1 aliphatic carbocycles. The quantitative estimate of drug-likeness (QED) is 0.605. The number of nitrogens with zero attached hydrogens (tertiary/aromatic N) is 2. The van der Waals surface area contributed by atoms with E-state index in [0.29, 0.717) is 18.5 Å². The molecular weight excluding hydrogens is 176 g/mol. The van der Waals surface area contributed by atoms with Crippen LogP contribution in [0.1, 0.15) is 12.8 Å². The molecule has 0 spiro atoms. The van der Waals surface area contributed by atoms with Crippen molar-refractivity contribution in [2.75, 3.05) is 27.2 Å². The Morgan fingerprint density at radius 1 is 1.43 bits per heavy atom. The van der Waals surface area contributed by atoms with Crippen molar-refractivity contribution in [3.8, 4) is 0 Å². The summed E-state index contributed by atoms with van der Waals surface area (Å²) < 4.78 is 0.